The van der Waals surface area contributed by atoms with Gasteiger partial charge in [-0.2, -0.15) is 0 Å². The summed E-state index contributed by atoms with van der Waals surface area (Å²) in [6.45, 7) is 0. The number of amides is 1. The summed E-state index contributed by atoms with van der Waals surface area (Å²) >= 11 is 0. The topological polar surface area (TPSA) is 82.6 Å². The second-order valence-electron chi connectivity index (χ2n) is 7.85. The molecule has 0 aliphatic carbocycles. The molecule has 0 unspecified atom stereocenters. The second-order valence-corrected chi connectivity index (χ2v) is 7.85. The van der Waals surface area contributed by atoms with Gasteiger partial charge in [-0.05, 0) is 48.5 Å². The summed E-state index contributed by atoms with van der Waals surface area (Å²) < 4.78 is 16.4. The Labute approximate surface area is 202 Å². The summed E-state index contributed by atoms with van der Waals surface area (Å²) in [5.41, 5.74) is 4.10. The number of para-hydroxylation sites is 1. The Morgan fingerprint density at radius 2 is 1.57 bits per heavy atom. The van der Waals surface area contributed by atoms with E-state index in [0.29, 0.717) is 39.7 Å². The number of nitrogens with one attached hydrogen (secondary N) is 1. The number of benzene rings is 3. The molecule has 0 aliphatic heterocycles. The summed E-state index contributed by atoms with van der Waals surface area (Å²) in [6.07, 6.45) is 1.74. The largest absolute Gasteiger partial charge is 0.493 e. The predicted octanol–water partition coefficient (Wildman–Crippen LogP) is 5.73. The highest BCUT2D eigenvalue weighted by atomic mass is 16.5. The molecule has 5 aromatic rings. The number of rotatable bonds is 6. The van der Waals surface area contributed by atoms with Crippen LogP contribution in [-0.4, -0.2) is 37.2 Å². The zero-order valence-electron chi connectivity index (χ0n) is 19.5. The number of ether oxygens (including phenoxy) is 3. The maximum atomic E-state index is 13.5. The normalized spacial score (nSPS) is 10.8. The Balaban J connectivity index is 1.60. The van der Waals surface area contributed by atoms with Gasteiger partial charge in [0.05, 0.1) is 43.6 Å². The highest BCUT2D eigenvalue weighted by Crippen LogP contribution is 2.41. The Kier molecular flexibility index (Phi) is 5.89. The molecule has 35 heavy (non-hydrogen) atoms. The molecule has 0 spiro atoms. The van der Waals surface area contributed by atoms with Gasteiger partial charge in [0.15, 0.2) is 11.5 Å². The van der Waals surface area contributed by atoms with Gasteiger partial charge in [0.25, 0.3) is 5.91 Å². The number of aromatic nitrogens is 2. The third-order valence-electron chi connectivity index (χ3n) is 5.78. The lowest BCUT2D eigenvalue weighted by atomic mass is 10.0. The summed E-state index contributed by atoms with van der Waals surface area (Å²) in [5.74, 6) is 1.27. The molecule has 0 fully saturated rings. The standard InChI is InChI=1S/C28H23N3O4/c1-33-25-14-18(15-26(34-2)27(25)35-3)24-16-21(20-8-4-5-9-23(20)31-24)28(32)30-19-10-11-22-17(13-19)7-6-12-29-22/h4-16H,1-3H3,(H,30,32). The first-order valence-electron chi connectivity index (χ1n) is 11.0. The van der Waals surface area contributed by atoms with Crippen molar-refractivity contribution in [2.75, 3.05) is 26.6 Å². The molecule has 2 aromatic heterocycles. The number of hydrogen-bond acceptors (Lipinski definition) is 6. The smallest absolute Gasteiger partial charge is 0.256 e. The molecule has 3 aromatic carbocycles. The van der Waals surface area contributed by atoms with Gasteiger partial charge in [0, 0.05) is 28.2 Å². The summed E-state index contributed by atoms with van der Waals surface area (Å²) in [5, 5.41) is 4.72. The Bertz CT molecular complexity index is 1540. The summed E-state index contributed by atoms with van der Waals surface area (Å²) in [7, 11) is 4.68. The van der Waals surface area contributed by atoms with Crippen molar-refractivity contribution in [3.8, 4) is 28.5 Å². The summed E-state index contributed by atoms with van der Waals surface area (Å²) in [4.78, 5) is 22.6. The van der Waals surface area contributed by atoms with E-state index in [4.69, 9.17) is 19.2 Å². The third kappa shape index (κ3) is 4.19. The third-order valence-corrected chi connectivity index (χ3v) is 5.78. The molecule has 0 radical (unpaired) electrons. The number of hydrogen-bond donors (Lipinski definition) is 1. The molecule has 5 rings (SSSR count). The molecule has 0 aliphatic rings. The number of methoxy groups -OCH3 is 3. The van der Waals surface area contributed by atoms with E-state index in [2.05, 4.69) is 10.3 Å². The van der Waals surface area contributed by atoms with Gasteiger partial charge in [0.2, 0.25) is 5.75 Å². The van der Waals surface area contributed by atoms with E-state index < -0.39 is 0 Å². The average Bonchev–Trinajstić information content (AvgIpc) is 2.91. The minimum absolute atomic E-state index is 0.236. The number of nitrogens with zero attached hydrogens (tertiary/aromatic N) is 2. The van der Waals surface area contributed by atoms with Crippen LogP contribution in [0.3, 0.4) is 0 Å². The highest BCUT2D eigenvalue weighted by Gasteiger charge is 2.18. The molecule has 174 valence electrons. The number of fused-ring (bicyclic) bond motifs is 2. The van der Waals surface area contributed by atoms with Crippen LogP contribution in [-0.2, 0) is 0 Å². The van der Waals surface area contributed by atoms with Crippen LogP contribution >= 0.6 is 0 Å². The van der Waals surface area contributed by atoms with Gasteiger partial charge in [0.1, 0.15) is 0 Å². The van der Waals surface area contributed by atoms with Gasteiger partial charge in [-0.15, -0.1) is 0 Å². The van der Waals surface area contributed by atoms with Crippen LogP contribution in [0.4, 0.5) is 5.69 Å². The van der Waals surface area contributed by atoms with Crippen molar-refractivity contribution in [1.82, 2.24) is 9.97 Å². The number of pyridine rings is 2. The van der Waals surface area contributed by atoms with E-state index in [1.165, 1.54) is 0 Å². The minimum atomic E-state index is -0.236. The molecule has 1 N–H and O–H groups in total. The molecule has 0 bridgehead atoms. The maximum absolute atomic E-state index is 13.5. The lowest BCUT2D eigenvalue weighted by Crippen LogP contribution is -2.13. The van der Waals surface area contributed by atoms with Gasteiger partial charge >= 0.3 is 0 Å². The fraction of sp³-hybridized carbons (Fsp3) is 0.107. The van der Waals surface area contributed by atoms with Crippen LogP contribution in [0.15, 0.2) is 79.0 Å². The van der Waals surface area contributed by atoms with E-state index >= 15 is 0 Å². The predicted molar refractivity (Wildman–Crippen MR) is 137 cm³/mol. The maximum Gasteiger partial charge on any atom is 0.256 e. The van der Waals surface area contributed by atoms with Crippen molar-refractivity contribution >= 4 is 33.4 Å². The van der Waals surface area contributed by atoms with Crippen molar-refractivity contribution in [1.29, 1.82) is 0 Å². The monoisotopic (exact) mass is 465 g/mol. The first kappa shape index (κ1) is 22.2. The van der Waals surface area contributed by atoms with E-state index in [-0.39, 0.29) is 5.91 Å². The van der Waals surface area contributed by atoms with Gasteiger partial charge in [-0.25, -0.2) is 4.98 Å². The molecule has 0 saturated heterocycles. The van der Waals surface area contributed by atoms with E-state index in [1.54, 1.807) is 33.6 Å². The lowest BCUT2D eigenvalue weighted by Gasteiger charge is -2.15. The molecular formula is C28H23N3O4. The average molecular weight is 466 g/mol. The van der Waals surface area contributed by atoms with Crippen LogP contribution in [0, 0.1) is 0 Å². The van der Waals surface area contributed by atoms with Crippen molar-refractivity contribution in [2.45, 2.75) is 0 Å². The van der Waals surface area contributed by atoms with E-state index in [1.807, 2.05) is 66.7 Å². The van der Waals surface area contributed by atoms with Crippen LogP contribution in [0.25, 0.3) is 33.1 Å². The Morgan fingerprint density at radius 3 is 2.31 bits per heavy atom. The number of carbonyl (C=O) groups is 1. The zero-order chi connectivity index (χ0) is 24.4. The molecule has 0 saturated carbocycles. The van der Waals surface area contributed by atoms with Crippen LogP contribution < -0.4 is 19.5 Å². The van der Waals surface area contributed by atoms with Crippen molar-refractivity contribution < 1.29 is 19.0 Å². The van der Waals surface area contributed by atoms with Crippen molar-refractivity contribution in [3.05, 3.63) is 84.6 Å². The quantitative estimate of drug-likeness (QED) is 0.345. The van der Waals surface area contributed by atoms with Crippen LogP contribution in [0.2, 0.25) is 0 Å². The second kappa shape index (κ2) is 9.30. The highest BCUT2D eigenvalue weighted by molar-refractivity contribution is 6.13. The molecule has 2 heterocycles. The Morgan fingerprint density at radius 1 is 0.800 bits per heavy atom. The fourth-order valence-corrected chi connectivity index (χ4v) is 4.09. The molecule has 0 atom stereocenters. The Hall–Kier alpha value is -4.65. The van der Waals surface area contributed by atoms with Crippen LogP contribution in [0.1, 0.15) is 10.4 Å². The summed E-state index contributed by atoms with van der Waals surface area (Å²) in [6, 6.07) is 22.4. The molecule has 7 nitrogen and oxygen atoms in total. The first-order valence-corrected chi connectivity index (χ1v) is 11.0. The minimum Gasteiger partial charge on any atom is -0.493 e. The SMILES string of the molecule is COc1cc(-c2cc(C(=O)Nc3ccc4ncccc4c3)c3ccccc3n2)cc(OC)c1OC. The van der Waals surface area contributed by atoms with E-state index in [0.717, 1.165) is 21.9 Å². The van der Waals surface area contributed by atoms with Gasteiger partial charge in [-0.3, -0.25) is 9.78 Å². The zero-order valence-corrected chi connectivity index (χ0v) is 19.5. The van der Waals surface area contributed by atoms with Crippen LogP contribution in [0.5, 0.6) is 17.2 Å². The number of carbonyl (C=O) groups excluding carboxylic acids is 1. The number of anilines is 1. The van der Waals surface area contributed by atoms with Crippen molar-refractivity contribution in [2.24, 2.45) is 0 Å². The van der Waals surface area contributed by atoms with Gasteiger partial charge < -0.3 is 19.5 Å². The molecule has 7 heteroatoms. The van der Waals surface area contributed by atoms with Gasteiger partial charge in [-0.1, -0.05) is 24.3 Å². The van der Waals surface area contributed by atoms with E-state index in [9.17, 15) is 4.79 Å². The molecule has 1 amide bonds. The first-order chi connectivity index (χ1) is 17.1. The fourth-order valence-electron chi connectivity index (χ4n) is 4.09. The van der Waals surface area contributed by atoms with Crippen molar-refractivity contribution in [3.63, 3.8) is 0 Å². The lowest BCUT2D eigenvalue weighted by molar-refractivity contribution is 0.102. The molecular weight excluding hydrogens is 442 g/mol.